The minimum Gasteiger partial charge on any atom is -0.427 e. The molecule has 0 aromatic heterocycles. The smallest absolute Gasteiger partial charge is 0.308 e. The van der Waals surface area contributed by atoms with Gasteiger partial charge >= 0.3 is 5.97 Å². The van der Waals surface area contributed by atoms with Gasteiger partial charge in [0.05, 0.1) is 23.6 Å². The number of ether oxygens (including phenoxy) is 1. The summed E-state index contributed by atoms with van der Waals surface area (Å²) in [5.41, 5.74) is 1.85. The summed E-state index contributed by atoms with van der Waals surface area (Å²) in [5, 5.41) is 5.91. The van der Waals surface area contributed by atoms with Crippen molar-refractivity contribution in [2.24, 2.45) is 16.9 Å². The average Bonchev–Trinajstić information content (AvgIpc) is 3.27. The zero-order valence-electron chi connectivity index (χ0n) is 18.0. The molecule has 0 radical (unpaired) electrons. The molecule has 3 aliphatic heterocycles. The maximum Gasteiger partial charge on any atom is 0.308 e. The molecule has 2 aromatic rings. The zero-order valence-corrected chi connectivity index (χ0v) is 18.0. The third kappa shape index (κ3) is 3.34. The molecular formula is C25H21N3O5. The van der Waals surface area contributed by atoms with Gasteiger partial charge < -0.3 is 4.74 Å². The van der Waals surface area contributed by atoms with E-state index < -0.39 is 35.8 Å². The van der Waals surface area contributed by atoms with Gasteiger partial charge in [-0.25, -0.2) is 4.90 Å². The molecule has 0 bridgehead atoms. The number of esters is 1. The van der Waals surface area contributed by atoms with Crippen molar-refractivity contribution in [3.8, 4) is 5.75 Å². The van der Waals surface area contributed by atoms with Gasteiger partial charge in [-0.2, -0.15) is 5.10 Å². The average molecular weight is 443 g/mol. The minimum absolute atomic E-state index is 0.317. The molecule has 33 heavy (non-hydrogen) atoms. The van der Waals surface area contributed by atoms with Crippen LogP contribution in [0.5, 0.6) is 5.75 Å². The van der Waals surface area contributed by atoms with E-state index in [1.165, 1.54) is 24.0 Å². The third-order valence-corrected chi connectivity index (χ3v) is 6.25. The summed E-state index contributed by atoms with van der Waals surface area (Å²) in [6.07, 6.45) is 5.09. The van der Waals surface area contributed by atoms with E-state index in [0.29, 0.717) is 17.0 Å². The molecule has 2 amide bonds. The lowest BCUT2D eigenvalue weighted by Crippen LogP contribution is -2.46. The van der Waals surface area contributed by atoms with Crippen molar-refractivity contribution in [1.29, 1.82) is 0 Å². The summed E-state index contributed by atoms with van der Waals surface area (Å²) in [6, 6.07) is 11.9. The number of Topliss-reactive ketones (excluding diaryl/α,β-unsaturated/α-hetero) is 1. The van der Waals surface area contributed by atoms with E-state index in [4.69, 9.17) is 4.74 Å². The Morgan fingerprint density at radius 1 is 0.939 bits per heavy atom. The highest BCUT2D eigenvalue weighted by molar-refractivity contribution is 6.24. The van der Waals surface area contributed by atoms with Crippen LogP contribution >= 0.6 is 0 Å². The van der Waals surface area contributed by atoms with Gasteiger partial charge in [0.15, 0.2) is 5.78 Å². The SMILES string of the molecule is CC(=O)Oc1ccc(C(=O)[C@@H]2[C@@H]3C(=O)N(c4ccc(C)cc4)C(=O)[C@@H]3[C@H]3C=CC=NN32)cc1. The van der Waals surface area contributed by atoms with Gasteiger partial charge in [0.1, 0.15) is 11.8 Å². The standard InChI is InChI=1S/C25H21N3O5/c1-14-5-9-17(10-6-14)27-24(31)20-19-4-3-13-26-28(19)22(21(20)25(27)32)23(30)16-7-11-18(12-8-16)33-15(2)29/h3-13,19-22H,1-2H3/t19-,20-,21-,22+/m1/s1. The number of rotatable bonds is 4. The monoisotopic (exact) mass is 443 g/mol. The van der Waals surface area contributed by atoms with E-state index in [1.807, 2.05) is 25.1 Å². The first kappa shape index (κ1) is 20.8. The molecule has 3 heterocycles. The number of ketones is 1. The number of aryl methyl sites for hydroxylation is 1. The van der Waals surface area contributed by atoms with E-state index in [-0.39, 0.29) is 11.7 Å². The predicted octanol–water partition coefficient (Wildman–Crippen LogP) is 2.52. The highest BCUT2D eigenvalue weighted by atomic mass is 16.5. The fourth-order valence-corrected chi connectivity index (χ4v) is 4.81. The highest BCUT2D eigenvalue weighted by Crippen LogP contribution is 2.46. The Kier molecular flexibility index (Phi) is 4.92. The van der Waals surface area contributed by atoms with Crippen molar-refractivity contribution in [2.75, 3.05) is 4.90 Å². The van der Waals surface area contributed by atoms with Crippen molar-refractivity contribution in [3.63, 3.8) is 0 Å². The fourth-order valence-electron chi connectivity index (χ4n) is 4.81. The van der Waals surface area contributed by atoms with E-state index in [0.717, 1.165) is 5.56 Å². The molecule has 2 saturated heterocycles. The van der Waals surface area contributed by atoms with Crippen LogP contribution in [0.25, 0.3) is 0 Å². The molecule has 0 saturated carbocycles. The number of carbonyl (C=O) groups excluding carboxylic acids is 4. The van der Waals surface area contributed by atoms with Crippen LogP contribution in [-0.4, -0.2) is 46.9 Å². The molecule has 0 spiro atoms. The first-order valence-corrected chi connectivity index (χ1v) is 10.6. The lowest BCUT2D eigenvalue weighted by atomic mass is 9.86. The van der Waals surface area contributed by atoms with Crippen molar-refractivity contribution >= 4 is 35.5 Å². The quantitative estimate of drug-likeness (QED) is 0.312. The first-order chi connectivity index (χ1) is 15.9. The van der Waals surface area contributed by atoms with Gasteiger partial charge in [0, 0.05) is 18.7 Å². The van der Waals surface area contributed by atoms with E-state index >= 15 is 0 Å². The molecule has 0 aliphatic carbocycles. The van der Waals surface area contributed by atoms with E-state index in [9.17, 15) is 19.2 Å². The summed E-state index contributed by atoms with van der Waals surface area (Å²) in [5.74, 6) is -2.76. The maximum atomic E-state index is 13.6. The molecule has 4 atom stereocenters. The van der Waals surface area contributed by atoms with Crippen LogP contribution in [0.15, 0.2) is 65.8 Å². The Balaban J connectivity index is 1.51. The summed E-state index contributed by atoms with van der Waals surface area (Å²) < 4.78 is 5.03. The molecule has 166 valence electrons. The van der Waals surface area contributed by atoms with Crippen molar-refractivity contribution in [3.05, 3.63) is 71.8 Å². The number of nitrogens with zero attached hydrogens (tertiary/aromatic N) is 3. The van der Waals surface area contributed by atoms with Crippen molar-refractivity contribution < 1.29 is 23.9 Å². The Bertz CT molecular complexity index is 1220. The normalized spacial score (nSPS) is 25.3. The number of carbonyl (C=O) groups is 4. The molecular weight excluding hydrogens is 422 g/mol. The number of hydrogen-bond acceptors (Lipinski definition) is 7. The number of anilines is 1. The summed E-state index contributed by atoms with van der Waals surface area (Å²) in [7, 11) is 0. The second-order valence-electron chi connectivity index (χ2n) is 8.35. The van der Waals surface area contributed by atoms with Crippen molar-refractivity contribution in [1.82, 2.24) is 5.01 Å². The Hall–Kier alpha value is -4.07. The van der Waals surface area contributed by atoms with Gasteiger partial charge in [-0.05, 0) is 49.4 Å². The minimum atomic E-state index is -0.923. The maximum absolute atomic E-state index is 13.6. The highest BCUT2D eigenvalue weighted by Gasteiger charge is 2.64. The second kappa shape index (κ2) is 7.81. The van der Waals surface area contributed by atoms with Crippen LogP contribution in [0.2, 0.25) is 0 Å². The predicted molar refractivity (Wildman–Crippen MR) is 120 cm³/mol. The number of amides is 2. The van der Waals surface area contributed by atoms with E-state index in [1.54, 1.807) is 41.6 Å². The first-order valence-electron chi connectivity index (χ1n) is 10.6. The molecule has 3 aliphatic rings. The Labute approximate surface area is 190 Å². The van der Waals surface area contributed by atoms with E-state index in [2.05, 4.69) is 5.10 Å². The molecule has 8 heteroatoms. The summed E-state index contributed by atoms with van der Waals surface area (Å²) >= 11 is 0. The van der Waals surface area contributed by atoms with Gasteiger partial charge in [0.25, 0.3) is 0 Å². The molecule has 8 nitrogen and oxygen atoms in total. The van der Waals surface area contributed by atoms with Gasteiger partial charge in [-0.3, -0.25) is 24.2 Å². The zero-order chi connectivity index (χ0) is 23.3. The van der Waals surface area contributed by atoms with Crippen LogP contribution in [0, 0.1) is 18.8 Å². The van der Waals surface area contributed by atoms with Crippen LogP contribution in [0.3, 0.4) is 0 Å². The molecule has 0 N–H and O–H groups in total. The number of hydrazone groups is 1. The number of fused-ring (bicyclic) bond motifs is 3. The molecule has 0 unspecified atom stereocenters. The fraction of sp³-hybridized carbons (Fsp3) is 0.240. The van der Waals surface area contributed by atoms with Gasteiger partial charge in [-0.1, -0.05) is 23.8 Å². The number of allylic oxidation sites excluding steroid dienone is 1. The number of hydrogen-bond donors (Lipinski definition) is 0. The van der Waals surface area contributed by atoms with Gasteiger partial charge in [-0.15, -0.1) is 0 Å². The lowest BCUT2D eigenvalue weighted by Gasteiger charge is -2.30. The lowest BCUT2D eigenvalue weighted by molar-refractivity contribution is -0.132. The van der Waals surface area contributed by atoms with Crippen molar-refractivity contribution in [2.45, 2.75) is 25.9 Å². The molecule has 2 aromatic carbocycles. The largest absolute Gasteiger partial charge is 0.427 e. The Morgan fingerprint density at radius 3 is 2.27 bits per heavy atom. The van der Waals surface area contributed by atoms with Crippen LogP contribution in [-0.2, 0) is 14.4 Å². The third-order valence-electron chi connectivity index (χ3n) is 6.25. The number of imide groups is 1. The van der Waals surface area contributed by atoms with Crippen LogP contribution < -0.4 is 9.64 Å². The molecule has 5 rings (SSSR count). The number of benzene rings is 2. The summed E-state index contributed by atoms with van der Waals surface area (Å²) in [6.45, 7) is 3.22. The van der Waals surface area contributed by atoms with Crippen LogP contribution in [0.1, 0.15) is 22.8 Å². The molecule has 2 fully saturated rings. The van der Waals surface area contributed by atoms with Crippen LogP contribution in [0.4, 0.5) is 5.69 Å². The second-order valence-corrected chi connectivity index (χ2v) is 8.35. The Morgan fingerprint density at radius 2 is 1.61 bits per heavy atom. The topological polar surface area (TPSA) is 96.3 Å². The van der Waals surface area contributed by atoms with Gasteiger partial charge in [0.2, 0.25) is 11.8 Å². The summed E-state index contributed by atoms with van der Waals surface area (Å²) in [4.78, 5) is 52.9.